The van der Waals surface area contributed by atoms with E-state index < -0.39 is 0 Å². The lowest BCUT2D eigenvalue weighted by Crippen LogP contribution is -2.24. The van der Waals surface area contributed by atoms with Crippen LogP contribution in [0.1, 0.15) is 57.7 Å². The molecule has 1 aromatic rings. The number of nitrogens with one attached hydrogen (secondary N) is 1. The van der Waals surface area contributed by atoms with Crippen LogP contribution in [-0.4, -0.2) is 11.5 Å². The molecule has 0 saturated heterocycles. The van der Waals surface area contributed by atoms with Crippen molar-refractivity contribution in [1.82, 2.24) is 4.98 Å². The number of hydrogen-bond acceptors (Lipinski definition) is 3. The van der Waals surface area contributed by atoms with Crippen molar-refractivity contribution in [2.45, 2.75) is 53.4 Å². The third kappa shape index (κ3) is 5.30. The predicted octanol–water partition coefficient (Wildman–Crippen LogP) is 4.28. The fourth-order valence-electron chi connectivity index (χ4n) is 2.05. The largest absolute Gasteiger partial charge is 0.368 e. The van der Waals surface area contributed by atoms with Crippen molar-refractivity contribution in [2.24, 2.45) is 5.41 Å². The van der Waals surface area contributed by atoms with Crippen LogP contribution in [-0.2, 0) is 0 Å². The maximum atomic E-state index is 9.08. The van der Waals surface area contributed by atoms with Crippen molar-refractivity contribution < 1.29 is 0 Å². The quantitative estimate of drug-likeness (QED) is 0.743. The normalized spacial score (nSPS) is 11.1. The summed E-state index contributed by atoms with van der Waals surface area (Å²) in [6, 6.07) is 5.89. The minimum Gasteiger partial charge on any atom is -0.368 e. The second-order valence-electron chi connectivity index (χ2n) is 5.94. The number of unbranched alkanes of at least 4 members (excludes halogenated alkanes) is 2. The standard InChI is InChI=1S/C16H25N3/c1-5-6-7-10-16(3,4)12-18-15-14(11-17)9-8-13(2)19-15/h8-9H,5-7,10,12H2,1-4H3,(H,18,19). The molecular formula is C16H25N3. The topological polar surface area (TPSA) is 48.7 Å². The highest BCUT2D eigenvalue weighted by Crippen LogP contribution is 2.24. The lowest BCUT2D eigenvalue weighted by Gasteiger charge is -2.25. The molecule has 104 valence electrons. The van der Waals surface area contributed by atoms with E-state index >= 15 is 0 Å². The molecule has 0 aromatic carbocycles. The molecule has 1 N–H and O–H groups in total. The molecule has 1 heterocycles. The number of rotatable bonds is 7. The van der Waals surface area contributed by atoms with E-state index in [2.05, 4.69) is 37.1 Å². The monoisotopic (exact) mass is 259 g/mol. The van der Waals surface area contributed by atoms with Gasteiger partial charge in [0.25, 0.3) is 0 Å². The molecule has 0 radical (unpaired) electrons. The molecule has 0 aliphatic rings. The van der Waals surface area contributed by atoms with Gasteiger partial charge >= 0.3 is 0 Å². The first-order chi connectivity index (χ1) is 8.98. The van der Waals surface area contributed by atoms with E-state index in [0.717, 1.165) is 12.2 Å². The van der Waals surface area contributed by atoms with E-state index in [0.29, 0.717) is 11.4 Å². The summed E-state index contributed by atoms with van der Waals surface area (Å²) in [5.74, 6) is 0.714. The van der Waals surface area contributed by atoms with Crippen LogP contribution in [0.4, 0.5) is 5.82 Å². The van der Waals surface area contributed by atoms with Gasteiger partial charge in [0, 0.05) is 12.2 Å². The molecule has 0 bridgehead atoms. The Morgan fingerprint density at radius 3 is 2.68 bits per heavy atom. The number of anilines is 1. The summed E-state index contributed by atoms with van der Waals surface area (Å²) < 4.78 is 0. The number of aromatic nitrogens is 1. The molecule has 0 fully saturated rings. The Morgan fingerprint density at radius 2 is 2.05 bits per heavy atom. The Hall–Kier alpha value is -1.56. The lowest BCUT2D eigenvalue weighted by atomic mass is 9.87. The van der Waals surface area contributed by atoms with E-state index in [4.69, 9.17) is 5.26 Å². The fraction of sp³-hybridized carbons (Fsp3) is 0.625. The minimum absolute atomic E-state index is 0.229. The zero-order valence-electron chi connectivity index (χ0n) is 12.6. The summed E-state index contributed by atoms with van der Waals surface area (Å²) in [4.78, 5) is 4.41. The van der Waals surface area contributed by atoms with Gasteiger partial charge in [0.05, 0.1) is 5.56 Å². The van der Waals surface area contributed by atoms with Crippen LogP contribution >= 0.6 is 0 Å². The molecule has 3 nitrogen and oxygen atoms in total. The lowest BCUT2D eigenvalue weighted by molar-refractivity contribution is 0.342. The van der Waals surface area contributed by atoms with Crippen molar-refractivity contribution in [2.75, 3.05) is 11.9 Å². The summed E-state index contributed by atoms with van der Waals surface area (Å²) in [6.45, 7) is 9.54. The number of nitriles is 1. The molecule has 0 aliphatic carbocycles. The van der Waals surface area contributed by atoms with Crippen LogP contribution in [0, 0.1) is 23.7 Å². The Kier molecular flexibility index (Phi) is 5.82. The average molecular weight is 259 g/mol. The fourth-order valence-corrected chi connectivity index (χ4v) is 2.05. The zero-order valence-corrected chi connectivity index (χ0v) is 12.6. The van der Waals surface area contributed by atoms with Crippen LogP contribution in [0.5, 0.6) is 0 Å². The van der Waals surface area contributed by atoms with E-state index in [1.165, 1.54) is 25.7 Å². The van der Waals surface area contributed by atoms with E-state index in [9.17, 15) is 0 Å². The first-order valence-electron chi connectivity index (χ1n) is 7.10. The smallest absolute Gasteiger partial charge is 0.144 e. The number of pyridine rings is 1. The Bertz CT molecular complexity index is 444. The van der Waals surface area contributed by atoms with Crippen LogP contribution in [0.15, 0.2) is 12.1 Å². The van der Waals surface area contributed by atoms with Crippen LogP contribution < -0.4 is 5.32 Å². The summed E-state index contributed by atoms with van der Waals surface area (Å²) in [7, 11) is 0. The predicted molar refractivity (Wildman–Crippen MR) is 80.1 cm³/mol. The van der Waals surface area contributed by atoms with Gasteiger partial charge < -0.3 is 5.32 Å². The third-order valence-electron chi connectivity index (χ3n) is 3.35. The van der Waals surface area contributed by atoms with Crippen molar-refractivity contribution in [1.29, 1.82) is 5.26 Å². The molecule has 1 rings (SSSR count). The highest BCUT2D eigenvalue weighted by Gasteiger charge is 2.18. The van der Waals surface area contributed by atoms with Crippen LogP contribution in [0.2, 0.25) is 0 Å². The van der Waals surface area contributed by atoms with Gasteiger partial charge in [-0.3, -0.25) is 0 Å². The second-order valence-corrected chi connectivity index (χ2v) is 5.94. The molecule has 0 unspecified atom stereocenters. The summed E-state index contributed by atoms with van der Waals surface area (Å²) in [5, 5.41) is 12.4. The highest BCUT2D eigenvalue weighted by molar-refractivity contribution is 5.52. The van der Waals surface area contributed by atoms with E-state index in [-0.39, 0.29) is 5.41 Å². The van der Waals surface area contributed by atoms with E-state index in [1.54, 1.807) is 0 Å². The molecule has 19 heavy (non-hydrogen) atoms. The molecule has 0 atom stereocenters. The van der Waals surface area contributed by atoms with Gasteiger partial charge in [0.15, 0.2) is 0 Å². The molecule has 3 heteroatoms. The number of aryl methyl sites for hydroxylation is 1. The van der Waals surface area contributed by atoms with Crippen molar-refractivity contribution >= 4 is 5.82 Å². The molecule has 0 aliphatic heterocycles. The first kappa shape index (κ1) is 15.5. The summed E-state index contributed by atoms with van der Waals surface area (Å²) in [6.07, 6.45) is 5.00. The molecule has 0 spiro atoms. The van der Waals surface area contributed by atoms with Crippen LogP contribution in [0.25, 0.3) is 0 Å². The maximum Gasteiger partial charge on any atom is 0.144 e. The van der Waals surface area contributed by atoms with Crippen molar-refractivity contribution in [3.05, 3.63) is 23.4 Å². The van der Waals surface area contributed by atoms with Crippen molar-refractivity contribution in [3.8, 4) is 6.07 Å². The SMILES string of the molecule is CCCCCC(C)(C)CNc1nc(C)ccc1C#N. The van der Waals surface area contributed by atoms with Gasteiger partial charge in [-0.2, -0.15) is 5.26 Å². The molecule has 1 aromatic heterocycles. The highest BCUT2D eigenvalue weighted by atomic mass is 15.0. The molecular weight excluding hydrogens is 234 g/mol. The minimum atomic E-state index is 0.229. The van der Waals surface area contributed by atoms with E-state index in [1.807, 2.05) is 19.1 Å². The maximum absolute atomic E-state index is 9.08. The van der Waals surface area contributed by atoms with Gasteiger partial charge in [-0.25, -0.2) is 4.98 Å². The van der Waals surface area contributed by atoms with Crippen LogP contribution in [0.3, 0.4) is 0 Å². The van der Waals surface area contributed by atoms with Gasteiger partial charge in [-0.1, -0.05) is 40.0 Å². The Labute approximate surface area is 117 Å². The molecule has 0 saturated carbocycles. The second kappa shape index (κ2) is 7.13. The number of nitrogens with zero attached hydrogens (tertiary/aromatic N) is 2. The van der Waals surface area contributed by atoms with Gasteiger partial charge in [-0.05, 0) is 30.9 Å². The first-order valence-corrected chi connectivity index (χ1v) is 7.10. The van der Waals surface area contributed by atoms with Gasteiger partial charge in [0.2, 0.25) is 0 Å². The zero-order chi connectivity index (χ0) is 14.3. The third-order valence-corrected chi connectivity index (χ3v) is 3.35. The van der Waals surface area contributed by atoms with Gasteiger partial charge in [0.1, 0.15) is 11.9 Å². The summed E-state index contributed by atoms with van der Waals surface area (Å²) >= 11 is 0. The molecule has 0 amide bonds. The average Bonchev–Trinajstić information content (AvgIpc) is 2.37. The Morgan fingerprint density at radius 1 is 1.32 bits per heavy atom. The Balaban J connectivity index is 2.60. The van der Waals surface area contributed by atoms with Gasteiger partial charge in [-0.15, -0.1) is 0 Å². The summed E-state index contributed by atoms with van der Waals surface area (Å²) in [5.41, 5.74) is 1.79. The number of hydrogen-bond donors (Lipinski definition) is 1. The van der Waals surface area contributed by atoms with Crippen molar-refractivity contribution in [3.63, 3.8) is 0 Å².